The van der Waals surface area contributed by atoms with Crippen molar-refractivity contribution in [3.8, 4) is 5.75 Å². The standard InChI is InChI=1S/C15H25NO4S/c1-5-20-14-7-6-13(10-12(14)2)21(18,19)16-11-15(3,4)8-9-17/h6-7,10,16-17H,5,8-9,11H2,1-4H3. The van der Waals surface area contributed by atoms with Crippen LogP contribution in [0.2, 0.25) is 0 Å². The van der Waals surface area contributed by atoms with E-state index >= 15 is 0 Å². The summed E-state index contributed by atoms with van der Waals surface area (Å²) in [5.74, 6) is 0.692. The zero-order valence-electron chi connectivity index (χ0n) is 13.1. The molecule has 0 radical (unpaired) electrons. The zero-order valence-corrected chi connectivity index (χ0v) is 14.0. The zero-order chi connectivity index (χ0) is 16.1. The number of aliphatic hydroxyl groups excluding tert-OH is 1. The van der Waals surface area contributed by atoms with E-state index in [0.717, 1.165) is 5.56 Å². The Morgan fingerprint density at radius 3 is 2.52 bits per heavy atom. The fourth-order valence-electron chi connectivity index (χ4n) is 1.87. The van der Waals surface area contributed by atoms with Crippen LogP contribution in [-0.4, -0.2) is 33.3 Å². The molecule has 0 aliphatic carbocycles. The van der Waals surface area contributed by atoms with Crippen LogP contribution in [0.1, 0.15) is 32.8 Å². The first-order valence-electron chi connectivity index (χ1n) is 7.06. The number of sulfonamides is 1. The first-order valence-corrected chi connectivity index (χ1v) is 8.54. The van der Waals surface area contributed by atoms with Crippen molar-refractivity contribution < 1.29 is 18.3 Å². The van der Waals surface area contributed by atoms with E-state index in [-0.39, 0.29) is 23.5 Å². The molecule has 0 aromatic heterocycles. The molecule has 0 heterocycles. The predicted molar refractivity (Wildman–Crippen MR) is 83.0 cm³/mol. The van der Waals surface area contributed by atoms with Gasteiger partial charge >= 0.3 is 0 Å². The Balaban J connectivity index is 2.86. The topological polar surface area (TPSA) is 75.6 Å². The lowest BCUT2D eigenvalue weighted by molar-refractivity contribution is 0.213. The second-order valence-electron chi connectivity index (χ2n) is 5.82. The first-order chi connectivity index (χ1) is 9.72. The average Bonchev–Trinajstić information content (AvgIpc) is 2.39. The van der Waals surface area contributed by atoms with Crippen LogP contribution >= 0.6 is 0 Å². The molecule has 0 saturated carbocycles. The van der Waals surface area contributed by atoms with E-state index < -0.39 is 10.0 Å². The Kier molecular flexibility index (Phi) is 6.19. The van der Waals surface area contributed by atoms with E-state index in [1.807, 2.05) is 27.7 Å². The van der Waals surface area contributed by atoms with Gasteiger partial charge in [0.05, 0.1) is 11.5 Å². The van der Waals surface area contributed by atoms with Crippen molar-refractivity contribution in [2.75, 3.05) is 19.8 Å². The second kappa shape index (κ2) is 7.24. The summed E-state index contributed by atoms with van der Waals surface area (Å²) >= 11 is 0. The lowest BCUT2D eigenvalue weighted by Crippen LogP contribution is -2.34. The van der Waals surface area contributed by atoms with Crippen molar-refractivity contribution in [3.63, 3.8) is 0 Å². The maximum Gasteiger partial charge on any atom is 0.240 e. The first kappa shape index (κ1) is 17.9. The van der Waals surface area contributed by atoms with Crippen molar-refractivity contribution >= 4 is 10.0 Å². The van der Waals surface area contributed by atoms with Crippen LogP contribution in [-0.2, 0) is 10.0 Å². The Morgan fingerprint density at radius 1 is 1.33 bits per heavy atom. The van der Waals surface area contributed by atoms with E-state index in [2.05, 4.69) is 4.72 Å². The highest BCUT2D eigenvalue weighted by Crippen LogP contribution is 2.23. The molecule has 5 nitrogen and oxygen atoms in total. The third kappa shape index (κ3) is 5.30. The van der Waals surface area contributed by atoms with Gasteiger partial charge in [0.15, 0.2) is 0 Å². The van der Waals surface area contributed by atoms with Gasteiger partial charge in [-0.05, 0) is 49.4 Å². The highest BCUT2D eigenvalue weighted by Gasteiger charge is 2.22. The maximum atomic E-state index is 12.3. The summed E-state index contributed by atoms with van der Waals surface area (Å²) in [6.07, 6.45) is 0.540. The summed E-state index contributed by atoms with van der Waals surface area (Å²) in [7, 11) is -3.55. The van der Waals surface area contributed by atoms with Crippen LogP contribution in [0.5, 0.6) is 5.75 Å². The molecule has 0 bridgehead atoms. The van der Waals surface area contributed by atoms with Crippen LogP contribution in [0.3, 0.4) is 0 Å². The molecule has 1 aromatic carbocycles. The number of rotatable bonds is 8. The predicted octanol–water partition coefficient (Wildman–Crippen LogP) is 2.08. The van der Waals surface area contributed by atoms with Crippen LogP contribution in [0.25, 0.3) is 0 Å². The third-order valence-electron chi connectivity index (χ3n) is 3.29. The van der Waals surface area contributed by atoms with Gasteiger partial charge in [0, 0.05) is 13.2 Å². The van der Waals surface area contributed by atoms with Crippen molar-refractivity contribution in [2.45, 2.75) is 39.0 Å². The molecule has 0 aliphatic heterocycles. The highest BCUT2D eigenvalue weighted by molar-refractivity contribution is 7.89. The van der Waals surface area contributed by atoms with E-state index in [4.69, 9.17) is 9.84 Å². The summed E-state index contributed by atoms with van der Waals surface area (Å²) < 4.78 is 32.6. The fraction of sp³-hybridized carbons (Fsp3) is 0.600. The number of ether oxygens (including phenoxy) is 1. The van der Waals surface area contributed by atoms with Gasteiger partial charge in [-0.3, -0.25) is 0 Å². The van der Waals surface area contributed by atoms with Crippen LogP contribution in [0.15, 0.2) is 23.1 Å². The molecule has 0 atom stereocenters. The van der Waals surface area contributed by atoms with Gasteiger partial charge < -0.3 is 9.84 Å². The molecule has 2 N–H and O–H groups in total. The van der Waals surface area contributed by atoms with E-state index in [0.29, 0.717) is 18.8 Å². The minimum atomic E-state index is -3.55. The van der Waals surface area contributed by atoms with Gasteiger partial charge in [-0.15, -0.1) is 0 Å². The summed E-state index contributed by atoms with van der Waals surface area (Å²) in [5.41, 5.74) is 0.497. The molecule has 120 valence electrons. The van der Waals surface area contributed by atoms with E-state index in [9.17, 15) is 8.42 Å². The molecular weight excluding hydrogens is 290 g/mol. The van der Waals surface area contributed by atoms with Gasteiger partial charge in [0.2, 0.25) is 10.0 Å². The molecule has 0 spiro atoms. The Hall–Kier alpha value is -1.11. The molecule has 0 amide bonds. The molecular formula is C15H25NO4S. The number of nitrogens with one attached hydrogen (secondary N) is 1. The summed E-state index contributed by atoms with van der Waals surface area (Å²) in [4.78, 5) is 0.225. The van der Waals surface area contributed by atoms with Crippen molar-refractivity contribution in [1.82, 2.24) is 4.72 Å². The average molecular weight is 315 g/mol. The third-order valence-corrected chi connectivity index (χ3v) is 4.68. The largest absolute Gasteiger partial charge is 0.494 e. The smallest absolute Gasteiger partial charge is 0.240 e. The molecule has 1 rings (SSSR count). The molecule has 1 aromatic rings. The Bertz CT molecular complexity index is 567. The van der Waals surface area contributed by atoms with Gasteiger partial charge in [-0.1, -0.05) is 13.8 Å². The molecule has 21 heavy (non-hydrogen) atoms. The van der Waals surface area contributed by atoms with Crippen LogP contribution in [0.4, 0.5) is 0 Å². The monoisotopic (exact) mass is 315 g/mol. The van der Waals surface area contributed by atoms with Crippen LogP contribution < -0.4 is 9.46 Å². The minimum Gasteiger partial charge on any atom is -0.494 e. The van der Waals surface area contributed by atoms with Crippen molar-refractivity contribution in [1.29, 1.82) is 0 Å². The molecule has 0 fully saturated rings. The molecule has 6 heteroatoms. The number of hydrogen-bond donors (Lipinski definition) is 2. The molecule has 0 unspecified atom stereocenters. The maximum absolute atomic E-state index is 12.3. The Morgan fingerprint density at radius 2 is 2.00 bits per heavy atom. The van der Waals surface area contributed by atoms with Gasteiger partial charge in [-0.2, -0.15) is 0 Å². The van der Waals surface area contributed by atoms with Gasteiger partial charge in [-0.25, -0.2) is 13.1 Å². The number of benzene rings is 1. The van der Waals surface area contributed by atoms with Crippen LogP contribution in [0, 0.1) is 12.3 Å². The van der Waals surface area contributed by atoms with E-state index in [1.54, 1.807) is 18.2 Å². The summed E-state index contributed by atoms with van der Waals surface area (Å²) in [6.45, 7) is 8.39. The highest BCUT2D eigenvalue weighted by atomic mass is 32.2. The number of aryl methyl sites for hydroxylation is 1. The number of aliphatic hydroxyl groups is 1. The fourth-order valence-corrected chi connectivity index (χ4v) is 3.20. The van der Waals surface area contributed by atoms with Gasteiger partial charge in [0.25, 0.3) is 0 Å². The summed E-state index contributed by atoms with van der Waals surface area (Å²) in [6, 6.07) is 4.82. The van der Waals surface area contributed by atoms with Crippen molar-refractivity contribution in [2.24, 2.45) is 5.41 Å². The van der Waals surface area contributed by atoms with Gasteiger partial charge in [0.1, 0.15) is 5.75 Å². The lowest BCUT2D eigenvalue weighted by Gasteiger charge is -2.23. The molecule has 0 aliphatic rings. The minimum absolute atomic E-state index is 0.0386. The summed E-state index contributed by atoms with van der Waals surface area (Å²) in [5, 5.41) is 8.97. The van der Waals surface area contributed by atoms with Crippen molar-refractivity contribution in [3.05, 3.63) is 23.8 Å². The quantitative estimate of drug-likeness (QED) is 0.770. The second-order valence-corrected chi connectivity index (χ2v) is 7.59. The normalized spacial score (nSPS) is 12.4. The molecule has 0 saturated heterocycles. The SMILES string of the molecule is CCOc1ccc(S(=O)(=O)NCC(C)(C)CCO)cc1C. The Labute approximate surface area is 127 Å². The number of hydrogen-bond acceptors (Lipinski definition) is 4. The van der Waals surface area contributed by atoms with E-state index in [1.165, 1.54) is 0 Å². The lowest BCUT2D eigenvalue weighted by atomic mass is 9.90.